The summed E-state index contributed by atoms with van der Waals surface area (Å²) in [6, 6.07) is 4.71. The number of aliphatic carboxylic acids is 1. The first-order chi connectivity index (χ1) is 9.99. The zero-order valence-electron chi connectivity index (χ0n) is 12.0. The number of hydrogen-bond acceptors (Lipinski definition) is 4. The molecule has 1 aliphatic carbocycles. The van der Waals surface area contributed by atoms with Gasteiger partial charge in [0.05, 0.1) is 10.8 Å². The van der Waals surface area contributed by atoms with Gasteiger partial charge in [0.2, 0.25) is 0 Å². The monoisotopic (exact) mass is 292 g/mol. The summed E-state index contributed by atoms with van der Waals surface area (Å²) in [6.45, 7) is 1.79. The molecule has 0 spiro atoms. The molecule has 0 aliphatic heterocycles. The number of carboxylic acids is 1. The summed E-state index contributed by atoms with van der Waals surface area (Å²) in [4.78, 5) is 22.1. The number of carboxylic acid groups (broad SMARTS) is 1. The highest BCUT2D eigenvalue weighted by molar-refractivity contribution is 5.72. The van der Waals surface area contributed by atoms with Crippen molar-refractivity contribution in [2.45, 2.75) is 45.1 Å². The van der Waals surface area contributed by atoms with Crippen molar-refractivity contribution in [2.75, 3.05) is 5.32 Å². The van der Waals surface area contributed by atoms with Crippen LogP contribution in [0.15, 0.2) is 18.2 Å². The molecule has 2 atom stereocenters. The Morgan fingerprint density at radius 1 is 1.33 bits per heavy atom. The standard InChI is InChI=1S/C15H20N2O4/c1-10-7-8-13(14(9-10)17(20)21)16-12-6-4-2-3-5-11(12)15(18)19/h7-9,11-12,16H,2-6H2,1H3,(H,18,19). The van der Waals surface area contributed by atoms with Gasteiger partial charge in [-0.2, -0.15) is 0 Å². The lowest BCUT2D eigenvalue weighted by Gasteiger charge is -2.23. The molecule has 0 saturated heterocycles. The molecular weight excluding hydrogens is 272 g/mol. The fraction of sp³-hybridized carbons (Fsp3) is 0.533. The predicted octanol–water partition coefficient (Wildman–Crippen LogP) is 3.35. The molecule has 6 nitrogen and oxygen atoms in total. The molecule has 0 bridgehead atoms. The molecule has 2 unspecified atom stereocenters. The number of nitrogens with one attached hydrogen (secondary N) is 1. The third-order valence-corrected chi connectivity index (χ3v) is 4.02. The number of anilines is 1. The van der Waals surface area contributed by atoms with Crippen molar-refractivity contribution in [2.24, 2.45) is 5.92 Å². The maximum absolute atomic E-state index is 11.4. The molecule has 1 aliphatic rings. The fourth-order valence-electron chi connectivity index (χ4n) is 2.89. The van der Waals surface area contributed by atoms with Gasteiger partial charge in [0, 0.05) is 12.1 Å². The van der Waals surface area contributed by atoms with E-state index in [2.05, 4.69) is 5.32 Å². The second-order valence-electron chi connectivity index (χ2n) is 5.61. The molecule has 1 aromatic carbocycles. The van der Waals surface area contributed by atoms with Crippen molar-refractivity contribution in [3.63, 3.8) is 0 Å². The van der Waals surface area contributed by atoms with E-state index in [1.54, 1.807) is 19.1 Å². The van der Waals surface area contributed by atoms with E-state index in [0.717, 1.165) is 31.2 Å². The van der Waals surface area contributed by atoms with E-state index in [1.165, 1.54) is 6.07 Å². The number of rotatable bonds is 4. The third kappa shape index (κ3) is 3.71. The van der Waals surface area contributed by atoms with Crippen LogP contribution in [0.25, 0.3) is 0 Å². The zero-order valence-corrected chi connectivity index (χ0v) is 12.0. The Kier molecular flexibility index (Phi) is 4.77. The van der Waals surface area contributed by atoms with Crippen LogP contribution < -0.4 is 5.32 Å². The first-order valence-corrected chi connectivity index (χ1v) is 7.23. The molecule has 6 heteroatoms. The average molecular weight is 292 g/mol. The van der Waals surface area contributed by atoms with Crippen molar-refractivity contribution in [1.82, 2.24) is 0 Å². The van der Waals surface area contributed by atoms with Crippen LogP contribution in [0.5, 0.6) is 0 Å². The van der Waals surface area contributed by atoms with Crippen molar-refractivity contribution >= 4 is 17.3 Å². The van der Waals surface area contributed by atoms with Crippen LogP contribution in [0.4, 0.5) is 11.4 Å². The molecular formula is C15H20N2O4. The number of nitrogens with zero attached hydrogens (tertiary/aromatic N) is 1. The maximum atomic E-state index is 11.4. The van der Waals surface area contributed by atoms with Gasteiger partial charge in [-0.1, -0.05) is 25.3 Å². The van der Waals surface area contributed by atoms with Gasteiger partial charge in [0.1, 0.15) is 5.69 Å². The second kappa shape index (κ2) is 6.56. The lowest BCUT2D eigenvalue weighted by molar-refractivity contribution is -0.384. The van der Waals surface area contributed by atoms with E-state index in [4.69, 9.17) is 0 Å². The Labute approximate surface area is 123 Å². The molecule has 114 valence electrons. The molecule has 2 N–H and O–H groups in total. The van der Waals surface area contributed by atoms with E-state index < -0.39 is 16.8 Å². The molecule has 1 aromatic rings. The zero-order chi connectivity index (χ0) is 15.4. The highest BCUT2D eigenvalue weighted by Crippen LogP contribution is 2.31. The van der Waals surface area contributed by atoms with E-state index in [0.29, 0.717) is 12.1 Å². The van der Waals surface area contributed by atoms with Gasteiger partial charge >= 0.3 is 5.97 Å². The molecule has 21 heavy (non-hydrogen) atoms. The summed E-state index contributed by atoms with van der Waals surface area (Å²) in [5, 5.41) is 23.6. The van der Waals surface area contributed by atoms with Gasteiger partial charge in [-0.15, -0.1) is 0 Å². The average Bonchev–Trinajstić information content (AvgIpc) is 2.66. The van der Waals surface area contributed by atoms with Crippen LogP contribution in [-0.4, -0.2) is 22.0 Å². The Morgan fingerprint density at radius 3 is 2.71 bits per heavy atom. The van der Waals surface area contributed by atoms with Crippen molar-refractivity contribution < 1.29 is 14.8 Å². The van der Waals surface area contributed by atoms with Crippen LogP contribution >= 0.6 is 0 Å². The van der Waals surface area contributed by atoms with E-state index >= 15 is 0 Å². The number of nitro benzene ring substituents is 1. The predicted molar refractivity (Wildman–Crippen MR) is 79.5 cm³/mol. The Hall–Kier alpha value is -2.11. The molecule has 1 saturated carbocycles. The highest BCUT2D eigenvalue weighted by Gasteiger charge is 2.30. The van der Waals surface area contributed by atoms with Gasteiger partial charge in [0.25, 0.3) is 5.69 Å². The molecule has 0 radical (unpaired) electrons. The van der Waals surface area contributed by atoms with Crippen molar-refractivity contribution in [3.8, 4) is 0 Å². The minimum Gasteiger partial charge on any atom is -0.481 e. The first kappa shape index (κ1) is 15.3. The third-order valence-electron chi connectivity index (χ3n) is 4.02. The van der Waals surface area contributed by atoms with Crippen LogP contribution in [0.1, 0.15) is 37.7 Å². The number of hydrogen-bond donors (Lipinski definition) is 2. The van der Waals surface area contributed by atoms with Gasteiger partial charge < -0.3 is 10.4 Å². The Morgan fingerprint density at radius 2 is 2.05 bits per heavy atom. The number of aryl methyl sites for hydroxylation is 1. The lowest BCUT2D eigenvalue weighted by Crippen LogP contribution is -2.33. The number of carbonyl (C=O) groups is 1. The van der Waals surface area contributed by atoms with E-state index in [9.17, 15) is 20.0 Å². The van der Waals surface area contributed by atoms with Gasteiger partial charge in [0.15, 0.2) is 0 Å². The second-order valence-corrected chi connectivity index (χ2v) is 5.61. The van der Waals surface area contributed by atoms with Gasteiger partial charge in [-0.25, -0.2) is 0 Å². The maximum Gasteiger partial charge on any atom is 0.308 e. The summed E-state index contributed by atoms with van der Waals surface area (Å²) >= 11 is 0. The molecule has 0 amide bonds. The molecule has 0 heterocycles. The van der Waals surface area contributed by atoms with Crippen LogP contribution in [0.2, 0.25) is 0 Å². The minimum absolute atomic E-state index is 0.00313. The minimum atomic E-state index is -0.829. The Bertz CT molecular complexity index is 544. The van der Waals surface area contributed by atoms with E-state index in [1.807, 2.05) is 0 Å². The number of benzene rings is 1. The lowest BCUT2D eigenvalue weighted by atomic mass is 9.94. The van der Waals surface area contributed by atoms with Gasteiger partial charge in [-0.3, -0.25) is 14.9 Å². The largest absolute Gasteiger partial charge is 0.481 e. The smallest absolute Gasteiger partial charge is 0.308 e. The summed E-state index contributed by atoms with van der Waals surface area (Å²) in [6.07, 6.45) is 4.19. The van der Waals surface area contributed by atoms with E-state index in [-0.39, 0.29) is 11.7 Å². The van der Waals surface area contributed by atoms with Crippen molar-refractivity contribution in [3.05, 3.63) is 33.9 Å². The topological polar surface area (TPSA) is 92.5 Å². The van der Waals surface area contributed by atoms with Crippen molar-refractivity contribution in [1.29, 1.82) is 0 Å². The normalized spacial score (nSPS) is 22.3. The molecule has 0 aromatic heterocycles. The van der Waals surface area contributed by atoms with Gasteiger partial charge in [-0.05, 0) is 31.4 Å². The summed E-state index contributed by atoms with van der Waals surface area (Å²) in [5.74, 6) is -1.32. The molecule has 1 fully saturated rings. The summed E-state index contributed by atoms with van der Waals surface area (Å²) in [5.41, 5.74) is 1.22. The number of nitro groups is 1. The van der Waals surface area contributed by atoms with Crippen LogP contribution in [-0.2, 0) is 4.79 Å². The quantitative estimate of drug-likeness (QED) is 0.504. The summed E-state index contributed by atoms with van der Waals surface area (Å²) < 4.78 is 0. The Balaban J connectivity index is 2.26. The SMILES string of the molecule is Cc1ccc(NC2CCCCCC2C(=O)O)c([N+](=O)[O-])c1. The fourth-order valence-corrected chi connectivity index (χ4v) is 2.89. The molecule has 2 rings (SSSR count). The first-order valence-electron chi connectivity index (χ1n) is 7.23. The highest BCUT2D eigenvalue weighted by atomic mass is 16.6. The summed E-state index contributed by atoms with van der Waals surface area (Å²) in [7, 11) is 0. The van der Waals surface area contributed by atoms with Crippen LogP contribution in [0, 0.1) is 23.0 Å². The van der Waals surface area contributed by atoms with Crippen LogP contribution in [0.3, 0.4) is 0 Å².